The first-order chi connectivity index (χ1) is 7.71. The van der Waals surface area contributed by atoms with Crippen molar-refractivity contribution in [1.82, 2.24) is 4.98 Å². The van der Waals surface area contributed by atoms with Crippen LogP contribution in [0.5, 0.6) is 11.8 Å². The van der Waals surface area contributed by atoms with Gasteiger partial charge in [0.15, 0.2) is 0 Å². The Kier molecular flexibility index (Phi) is 4.31. The van der Waals surface area contributed by atoms with Crippen LogP contribution in [0.15, 0.2) is 17.4 Å². The summed E-state index contributed by atoms with van der Waals surface area (Å²) in [5, 5.41) is 14.5. The van der Waals surface area contributed by atoms with E-state index in [0.29, 0.717) is 22.3 Å². The van der Waals surface area contributed by atoms with Gasteiger partial charge >= 0.3 is 0 Å². The van der Waals surface area contributed by atoms with Gasteiger partial charge in [0.05, 0.1) is 19.4 Å². The van der Waals surface area contributed by atoms with Crippen molar-refractivity contribution in [1.29, 1.82) is 0 Å². The highest BCUT2D eigenvalue weighted by Crippen LogP contribution is 2.24. The summed E-state index contributed by atoms with van der Waals surface area (Å²) in [6, 6.07) is 3.30. The fraction of sp³-hybridized carbons (Fsp3) is 0.444. The molecule has 0 aliphatic carbocycles. The predicted molar refractivity (Wildman–Crippen MR) is 57.6 cm³/mol. The maximum absolute atomic E-state index is 10.9. The highest BCUT2D eigenvalue weighted by Gasteiger charge is 2.09. The molecule has 1 N–H and O–H groups in total. The molecule has 0 spiro atoms. The molecule has 0 amide bonds. The van der Waals surface area contributed by atoms with Gasteiger partial charge in [0.1, 0.15) is 6.54 Å². The average molecular weight is 226 g/mol. The summed E-state index contributed by atoms with van der Waals surface area (Å²) in [5.41, 5.74) is 3.06. The van der Waals surface area contributed by atoms with Crippen LogP contribution in [0.25, 0.3) is 0 Å². The smallest absolute Gasteiger partial charge is 0.266 e. The highest BCUT2D eigenvalue weighted by atomic mass is 16.5. The van der Waals surface area contributed by atoms with E-state index in [4.69, 9.17) is 9.47 Å². The van der Waals surface area contributed by atoms with Crippen molar-refractivity contribution in [3.8, 4) is 11.8 Å². The second kappa shape index (κ2) is 5.74. The lowest BCUT2D eigenvalue weighted by Gasteiger charge is -2.05. The Labute approximate surface area is 93.3 Å². The third kappa shape index (κ3) is 2.97. The summed E-state index contributed by atoms with van der Waals surface area (Å²) in [6.45, 7) is 1.96. The zero-order chi connectivity index (χ0) is 12.0. The molecule has 0 radical (unpaired) electrons. The minimum atomic E-state index is 0.263. The highest BCUT2D eigenvalue weighted by molar-refractivity contribution is 5.52. The van der Waals surface area contributed by atoms with E-state index in [9.17, 15) is 5.21 Å². The van der Waals surface area contributed by atoms with Gasteiger partial charge in [0.25, 0.3) is 5.88 Å². The molecular weight excluding hydrogens is 212 g/mol. The van der Waals surface area contributed by atoms with Crippen molar-refractivity contribution < 1.29 is 14.3 Å². The standard InChI is InChI=1S/C9H14N4O3/c1-4-13(14)12-11-7-5-6-8(15-2)10-9(7)16-3/h5-6,11H,4H2,1-3H3/b13-12+. The van der Waals surface area contributed by atoms with E-state index in [-0.39, 0.29) is 6.54 Å². The SMILES string of the molecule is CC/[N+]([O-])=N\Nc1ccc(OC)nc1OC. The summed E-state index contributed by atoms with van der Waals surface area (Å²) < 4.78 is 9.96. The number of ether oxygens (including phenoxy) is 2. The van der Waals surface area contributed by atoms with Gasteiger partial charge in [-0.05, 0) is 13.0 Å². The molecule has 0 atom stereocenters. The minimum Gasteiger partial charge on any atom is -0.696 e. The number of hydrogen-bond acceptors (Lipinski definition) is 5. The Balaban J connectivity index is 2.87. The normalized spacial score (nSPS) is 11.1. The van der Waals surface area contributed by atoms with Crippen molar-refractivity contribution in [2.45, 2.75) is 6.92 Å². The summed E-state index contributed by atoms with van der Waals surface area (Å²) in [6.07, 6.45) is 0. The number of aromatic nitrogens is 1. The number of methoxy groups -OCH3 is 2. The Morgan fingerprint density at radius 2 is 2.19 bits per heavy atom. The maximum Gasteiger partial charge on any atom is 0.266 e. The Bertz CT molecular complexity index is 381. The number of nitrogens with one attached hydrogen (secondary N) is 1. The second-order valence-electron chi connectivity index (χ2n) is 2.79. The first-order valence-corrected chi connectivity index (χ1v) is 4.71. The molecule has 1 aromatic rings. The lowest BCUT2D eigenvalue weighted by Crippen LogP contribution is -2.04. The third-order valence-electron chi connectivity index (χ3n) is 1.79. The van der Waals surface area contributed by atoms with Crippen molar-refractivity contribution in [3.05, 3.63) is 17.3 Å². The average Bonchev–Trinajstić information content (AvgIpc) is 2.35. The van der Waals surface area contributed by atoms with Gasteiger partial charge in [-0.3, -0.25) is 0 Å². The van der Waals surface area contributed by atoms with Crippen LogP contribution in [0.1, 0.15) is 6.92 Å². The summed E-state index contributed by atoms with van der Waals surface area (Å²) in [7, 11) is 2.98. The molecule has 0 bridgehead atoms. The fourth-order valence-electron chi connectivity index (χ4n) is 0.958. The first kappa shape index (κ1) is 12.0. The van der Waals surface area contributed by atoms with Gasteiger partial charge in [-0.25, -0.2) is 0 Å². The quantitative estimate of drug-likeness (QED) is 0.466. The van der Waals surface area contributed by atoms with Gasteiger partial charge in [-0.15, -0.1) is 5.43 Å². The molecule has 7 heteroatoms. The molecule has 0 fully saturated rings. The fourth-order valence-corrected chi connectivity index (χ4v) is 0.958. The van der Waals surface area contributed by atoms with Crippen LogP contribution >= 0.6 is 0 Å². The molecule has 0 saturated heterocycles. The summed E-state index contributed by atoms with van der Waals surface area (Å²) in [4.78, 5) is 4.54. The first-order valence-electron chi connectivity index (χ1n) is 4.71. The molecule has 1 aromatic heterocycles. The number of anilines is 1. The van der Waals surface area contributed by atoms with Crippen LogP contribution in [0.3, 0.4) is 0 Å². The molecule has 0 aromatic carbocycles. The molecule has 16 heavy (non-hydrogen) atoms. The Hall–Kier alpha value is -2.05. The Morgan fingerprint density at radius 1 is 1.44 bits per heavy atom. The van der Waals surface area contributed by atoms with E-state index >= 15 is 0 Å². The molecule has 0 aliphatic heterocycles. The van der Waals surface area contributed by atoms with Gasteiger partial charge in [0, 0.05) is 6.07 Å². The number of pyridine rings is 1. The van der Waals surface area contributed by atoms with Crippen LogP contribution in [-0.4, -0.2) is 30.6 Å². The summed E-state index contributed by atoms with van der Waals surface area (Å²) in [5.74, 6) is 0.740. The topological polar surface area (TPSA) is 81.8 Å². The van der Waals surface area contributed by atoms with Crippen LogP contribution in [0.4, 0.5) is 5.69 Å². The molecule has 0 unspecified atom stereocenters. The monoisotopic (exact) mass is 226 g/mol. The van der Waals surface area contributed by atoms with Gasteiger partial charge < -0.3 is 14.7 Å². The van der Waals surface area contributed by atoms with Crippen LogP contribution in [0, 0.1) is 5.21 Å². The number of rotatable bonds is 5. The van der Waals surface area contributed by atoms with E-state index in [0.717, 1.165) is 0 Å². The van der Waals surface area contributed by atoms with Crippen LogP contribution in [-0.2, 0) is 0 Å². The molecular formula is C9H14N4O3. The lowest BCUT2D eigenvalue weighted by molar-refractivity contribution is -0.524. The third-order valence-corrected chi connectivity index (χ3v) is 1.79. The largest absolute Gasteiger partial charge is 0.696 e. The minimum absolute atomic E-state index is 0.263. The molecule has 88 valence electrons. The molecule has 0 aliphatic rings. The number of hydrogen-bond donors (Lipinski definition) is 1. The maximum atomic E-state index is 10.9. The predicted octanol–water partition coefficient (Wildman–Crippen LogP) is 1.41. The van der Waals surface area contributed by atoms with Gasteiger partial charge in [0.2, 0.25) is 11.6 Å². The van der Waals surface area contributed by atoms with Gasteiger partial charge in [-0.2, -0.15) is 9.84 Å². The van der Waals surface area contributed by atoms with Crippen molar-refractivity contribution in [2.75, 3.05) is 26.2 Å². The zero-order valence-electron chi connectivity index (χ0n) is 9.43. The van der Waals surface area contributed by atoms with E-state index in [1.54, 1.807) is 19.1 Å². The number of hydroxylamine groups is 1. The molecule has 1 heterocycles. The van der Waals surface area contributed by atoms with E-state index in [2.05, 4.69) is 15.6 Å². The van der Waals surface area contributed by atoms with Crippen molar-refractivity contribution >= 4 is 5.69 Å². The van der Waals surface area contributed by atoms with Crippen molar-refractivity contribution in [3.63, 3.8) is 0 Å². The van der Waals surface area contributed by atoms with E-state index in [1.165, 1.54) is 14.2 Å². The summed E-state index contributed by atoms with van der Waals surface area (Å²) >= 11 is 0. The second-order valence-corrected chi connectivity index (χ2v) is 2.79. The lowest BCUT2D eigenvalue weighted by atomic mass is 10.4. The van der Waals surface area contributed by atoms with E-state index < -0.39 is 0 Å². The molecule has 0 saturated carbocycles. The zero-order valence-corrected chi connectivity index (χ0v) is 9.43. The van der Waals surface area contributed by atoms with E-state index in [1.807, 2.05) is 0 Å². The van der Waals surface area contributed by atoms with Gasteiger partial charge in [-0.1, -0.05) is 0 Å². The Morgan fingerprint density at radius 3 is 2.75 bits per heavy atom. The molecule has 1 rings (SSSR count). The number of nitrogens with zero attached hydrogens (tertiary/aromatic N) is 3. The van der Waals surface area contributed by atoms with Crippen LogP contribution in [0.2, 0.25) is 0 Å². The van der Waals surface area contributed by atoms with Crippen molar-refractivity contribution in [2.24, 2.45) is 5.22 Å². The van der Waals surface area contributed by atoms with Crippen LogP contribution < -0.4 is 14.9 Å². The molecule has 7 nitrogen and oxygen atoms in total.